The van der Waals surface area contributed by atoms with Gasteiger partial charge in [-0.1, -0.05) is 24.3 Å². The van der Waals surface area contributed by atoms with Gasteiger partial charge in [0.1, 0.15) is 0 Å². The number of nitro groups is 1. The van der Waals surface area contributed by atoms with Gasteiger partial charge in [0.25, 0.3) is 11.6 Å². The van der Waals surface area contributed by atoms with Gasteiger partial charge in [-0.3, -0.25) is 14.9 Å². The summed E-state index contributed by atoms with van der Waals surface area (Å²) in [6.45, 7) is 0.764. The summed E-state index contributed by atoms with van der Waals surface area (Å²) in [5.41, 5.74) is 2.69. The van der Waals surface area contributed by atoms with Gasteiger partial charge >= 0.3 is 0 Å². The van der Waals surface area contributed by atoms with Crippen LogP contribution in [-0.2, 0) is 17.9 Å². The van der Waals surface area contributed by atoms with Gasteiger partial charge < -0.3 is 15.0 Å². The molecule has 132 valence electrons. The first-order chi connectivity index (χ1) is 11.9. The van der Waals surface area contributed by atoms with Crippen LogP contribution < -0.4 is 10.2 Å². The highest BCUT2D eigenvalue weighted by Crippen LogP contribution is 2.24. The standard InChI is InChI=1S/C18H21N3O4/c1-20(2)17-9-8-15(21(23)24)10-16(17)18(22)19-11-13-6-4-5-7-14(13)12-25-3/h4-10H,11-12H2,1-3H3,(H,19,22). The molecule has 0 aliphatic carbocycles. The smallest absolute Gasteiger partial charge is 0.270 e. The Morgan fingerprint density at radius 3 is 2.48 bits per heavy atom. The van der Waals surface area contributed by atoms with E-state index in [1.807, 2.05) is 24.3 Å². The molecule has 0 bridgehead atoms. The average Bonchev–Trinajstić information content (AvgIpc) is 2.60. The van der Waals surface area contributed by atoms with Crippen LogP contribution in [0.15, 0.2) is 42.5 Å². The summed E-state index contributed by atoms with van der Waals surface area (Å²) in [5.74, 6) is -0.361. The van der Waals surface area contributed by atoms with Gasteiger partial charge in [0.2, 0.25) is 0 Å². The zero-order valence-electron chi connectivity index (χ0n) is 14.5. The number of nitrogens with one attached hydrogen (secondary N) is 1. The number of nitro benzene ring substituents is 1. The molecule has 0 radical (unpaired) electrons. The molecule has 0 spiro atoms. The number of amides is 1. The Morgan fingerprint density at radius 2 is 1.88 bits per heavy atom. The Balaban J connectivity index is 2.23. The number of ether oxygens (including phenoxy) is 1. The largest absolute Gasteiger partial charge is 0.380 e. The lowest BCUT2D eigenvalue weighted by atomic mass is 10.1. The molecule has 0 fully saturated rings. The van der Waals surface area contributed by atoms with E-state index < -0.39 is 4.92 Å². The lowest BCUT2D eigenvalue weighted by Gasteiger charge is -2.17. The second-order valence-electron chi connectivity index (χ2n) is 5.74. The molecular formula is C18H21N3O4. The summed E-state index contributed by atoms with van der Waals surface area (Å²) in [6, 6.07) is 11.9. The highest BCUT2D eigenvalue weighted by atomic mass is 16.6. The number of hydrogen-bond acceptors (Lipinski definition) is 5. The Labute approximate surface area is 146 Å². The predicted octanol–water partition coefficient (Wildman–Crippen LogP) is 2.74. The lowest BCUT2D eigenvalue weighted by Crippen LogP contribution is -2.26. The fourth-order valence-corrected chi connectivity index (χ4v) is 2.51. The number of anilines is 1. The monoisotopic (exact) mass is 343 g/mol. The van der Waals surface area contributed by atoms with Crippen molar-refractivity contribution in [3.05, 3.63) is 69.3 Å². The first-order valence-corrected chi connectivity index (χ1v) is 7.73. The maximum Gasteiger partial charge on any atom is 0.270 e. The Morgan fingerprint density at radius 1 is 1.20 bits per heavy atom. The van der Waals surface area contributed by atoms with Gasteiger partial charge in [0.05, 0.1) is 17.1 Å². The van der Waals surface area contributed by atoms with Gasteiger partial charge in [-0.25, -0.2) is 0 Å². The first kappa shape index (κ1) is 18.4. The Bertz CT molecular complexity index is 775. The van der Waals surface area contributed by atoms with Crippen molar-refractivity contribution >= 4 is 17.3 Å². The molecule has 2 aromatic carbocycles. The van der Waals surface area contributed by atoms with Crippen LogP contribution in [0.25, 0.3) is 0 Å². The summed E-state index contributed by atoms with van der Waals surface area (Å²) in [4.78, 5) is 24.8. The van der Waals surface area contributed by atoms with E-state index in [0.29, 0.717) is 18.8 Å². The van der Waals surface area contributed by atoms with Crippen LogP contribution in [0.1, 0.15) is 21.5 Å². The van der Waals surface area contributed by atoms with Crippen molar-refractivity contribution in [2.45, 2.75) is 13.2 Å². The first-order valence-electron chi connectivity index (χ1n) is 7.73. The molecule has 7 heteroatoms. The Hall–Kier alpha value is -2.93. The minimum absolute atomic E-state index is 0.115. The Kier molecular flexibility index (Phi) is 6.08. The minimum Gasteiger partial charge on any atom is -0.380 e. The molecule has 0 aliphatic rings. The van der Waals surface area contributed by atoms with Crippen molar-refractivity contribution in [3.63, 3.8) is 0 Å². The summed E-state index contributed by atoms with van der Waals surface area (Å²) in [7, 11) is 5.18. The fourth-order valence-electron chi connectivity index (χ4n) is 2.51. The summed E-state index contributed by atoms with van der Waals surface area (Å²) < 4.78 is 5.16. The molecule has 0 atom stereocenters. The molecule has 1 N–H and O–H groups in total. The molecule has 0 saturated carbocycles. The van der Waals surface area contributed by atoms with Gasteiger partial charge in [0, 0.05) is 45.6 Å². The van der Waals surface area contributed by atoms with Crippen LogP contribution in [0.3, 0.4) is 0 Å². The number of benzene rings is 2. The number of nitrogens with zero attached hydrogens (tertiary/aromatic N) is 2. The van der Waals surface area contributed by atoms with E-state index in [2.05, 4.69) is 5.32 Å². The molecule has 1 amide bonds. The van der Waals surface area contributed by atoms with E-state index in [0.717, 1.165) is 11.1 Å². The zero-order chi connectivity index (χ0) is 18.4. The molecule has 0 saturated heterocycles. The molecule has 2 aromatic rings. The minimum atomic E-state index is -0.510. The highest BCUT2D eigenvalue weighted by molar-refractivity contribution is 6.00. The number of hydrogen-bond donors (Lipinski definition) is 1. The van der Waals surface area contributed by atoms with Gasteiger partial charge in [-0.05, 0) is 17.2 Å². The molecule has 0 aliphatic heterocycles. The fraction of sp³-hybridized carbons (Fsp3) is 0.278. The molecule has 25 heavy (non-hydrogen) atoms. The van der Waals surface area contributed by atoms with E-state index >= 15 is 0 Å². The summed E-state index contributed by atoms with van der Waals surface area (Å²) >= 11 is 0. The maximum atomic E-state index is 12.6. The van der Waals surface area contributed by atoms with E-state index in [1.54, 1.807) is 32.2 Å². The van der Waals surface area contributed by atoms with Crippen LogP contribution in [0.4, 0.5) is 11.4 Å². The number of rotatable bonds is 7. The third-order valence-electron chi connectivity index (χ3n) is 3.78. The van der Waals surface area contributed by atoms with Crippen LogP contribution in [0.5, 0.6) is 0 Å². The second-order valence-corrected chi connectivity index (χ2v) is 5.74. The van der Waals surface area contributed by atoms with Crippen molar-refractivity contribution in [1.29, 1.82) is 0 Å². The quantitative estimate of drug-likeness (QED) is 0.617. The van der Waals surface area contributed by atoms with Gasteiger partial charge in [0.15, 0.2) is 0 Å². The third-order valence-corrected chi connectivity index (χ3v) is 3.78. The molecule has 0 aromatic heterocycles. The van der Waals surface area contributed by atoms with Crippen molar-refractivity contribution in [3.8, 4) is 0 Å². The summed E-state index contributed by atoms with van der Waals surface area (Å²) in [6.07, 6.45) is 0. The number of non-ortho nitro benzene ring substituents is 1. The van der Waals surface area contributed by atoms with Gasteiger partial charge in [-0.15, -0.1) is 0 Å². The highest BCUT2D eigenvalue weighted by Gasteiger charge is 2.18. The lowest BCUT2D eigenvalue weighted by molar-refractivity contribution is -0.384. The maximum absolute atomic E-state index is 12.6. The zero-order valence-corrected chi connectivity index (χ0v) is 14.5. The van der Waals surface area contributed by atoms with E-state index in [9.17, 15) is 14.9 Å². The third kappa shape index (κ3) is 4.54. The molecular weight excluding hydrogens is 322 g/mol. The van der Waals surface area contributed by atoms with Crippen molar-refractivity contribution < 1.29 is 14.5 Å². The molecule has 0 heterocycles. The second kappa shape index (κ2) is 8.25. The van der Waals surface area contributed by atoms with E-state index in [4.69, 9.17) is 4.74 Å². The molecule has 2 rings (SSSR count). The van der Waals surface area contributed by atoms with Crippen LogP contribution in [-0.4, -0.2) is 32.0 Å². The number of carbonyl (C=O) groups excluding carboxylic acids is 1. The van der Waals surface area contributed by atoms with Crippen LogP contribution >= 0.6 is 0 Å². The van der Waals surface area contributed by atoms with E-state index in [1.165, 1.54) is 12.1 Å². The average molecular weight is 343 g/mol. The van der Waals surface area contributed by atoms with Crippen molar-refractivity contribution in [1.82, 2.24) is 5.32 Å². The van der Waals surface area contributed by atoms with Crippen molar-refractivity contribution in [2.24, 2.45) is 0 Å². The SMILES string of the molecule is COCc1ccccc1CNC(=O)c1cc([N+](=O)[O-])ccc1N(C)C. The van der Waals surface area contributed by atoms with Crippen LogP contribution in [0.2, 0.25) is 0 Å². The number of carbonyl (C=O) groups is 1. The normalized spacial score (nSPS) is 10.4. The van der Waals surface area contributed by atoms with Gasteiger partial charge in [-0.2, -0.15) is 0 Å². The molecule has 7 nitrogen and oxygen atoms in total. The topological polar surface area (TPSA) is 84.7 Å². The number of methoxy groups -OCH3 is 1. The predicted molar refractivity (Wildman–Crippen MR) is 95.7 cm³/mol. The van der Waals surface area contributed by atoms with Crippen LogP contribution in [0, 0.1) is 10.1 Å². The van der Waals surface area contributed by atoms with Crippen molar-refractivity contribution in [2.75, 3.05) is 26.1 Å². The van der Waals surface area contributed by atoms with E-state index in [-0.39, 0.29) is 17.2 Å². The molecule has 0 unspecified atom stereocenters. The summed E-state index contributed by atoms with van der Waals surface area (Å²) in [5, 5.41) is 13.8.